The summed E-state index contributed by atoms with van der Waals surface area (Å²) in [7, 11) is -0.535. The van der Waals surface area contributed by atoms with Crippen LogP contribution in [0.5, 0.6) is 0 Å². The SMILES string of the molecule is CC(C)(C)OC(=O)NC(Cc1cccc(B2OC(C)(C)C(C)(C)O2)c1)C(=O)O. The topological polar surface area (TPSA) is 94.1 Å². The van der Waals surface area contributed by atoms with Gasteiger partial charge in [0.25, 0.3) is 0 Å². The molecule has 0 spiro atoms. The van der Waals surface area contributed by atoms with Crippen LogP contribution in [0.15, 0.2) is 24.3 Å². The standard InChI is InChI=1S/C20H30BNO6/c1-18(2,3)26-17(25)22-15(16(23)24)12-13-9-8-10-14(11-13)21-27-19(4,5)20(6,7)28-21/h8-11,15H,12H2,1-7H3,(H,22,25)(H,23,24). The smallest absolute Gasteiger partial charge is 0.480 e. The summed E-state index contributed by atoms with van der Waals surface area (Å²) < 4.78 is 17.3. The zero-order valence-electron chi connectivity index (χ0n) is 17.7. The maximum absolute atomic E-state index is 11.9. The van der Waals surface area contributed by atoms with Crippen molar-refractivity contribution in [1.82, 2.24) is 5.32 Å². The van der Waals surface area contributed by atoms with Gasteiger partial charge in [-0.05, 0) is 59.5 Å². The van der Waals surface area contributed by atoms with Crippen LogP contribution in [0.4, 0.5) is 4.79 Å². The van der Waals surface area contributed by atoms with Gasteiger partial charge in [-0.3, -0.25) is 0 Å². The Kier molecular flexibility index (Phi) is 6.16. The molecule has 1 fully saturated rings. The lowest BCUT2D eigenvalue weighted by Gasteiger charge is -2.32. The predicted molar refractivity (Wildman–Crippen MR) is 107 cm³/mol. The first-order chi connectivity index (χ1) is 12.7. The van der Waals surface area contributed by atoms with E-state index in [4.69, 9.17) is 14.0 Å². The first-order valence-corrected chi connectivity index (χ1v) is 9.37. The summed E-state index contributed by atoms with van der Waals surface area (Å²) in [6.45, 7) is 13.1. The van der Waals surface area contributed by atoms with Crippen molar-refractivity contribution in [2.45, 2.75) is 77.7 Å². The molecule has 2 rings (SSSR count). The molecule has 1 saturated heterocycles. The van der Waals surface area contributed by atoms with Crippen molar-refractivity contribution in [3.63, 3.8) is 0 Å². The summed E-state index contributed by atoms with van der Waals surface area (Å²) in [6, 6.07) is 6.24. The molecule has 0 aliphatic carbocycles. The molecular formula is C20H30BNO6. The van der Waals surface area contributed by atoms with Crippen molar-refractivity contribution in [3.8, 4) is 0 Å². The summed E-state index contributed by atoms with van der Waals surface area (Å²) in [5.74, 6) is -1.13. The highest BCUT2D eigenvalue weighted by molar-refractivity contribution is 6.62. The van der Waals surface area contributed by atoms with Crippen LogP contribution in [0, 0.1) is 0 Å². The van der Waals surface area contributed by atoms with Crippen LogP contribution in [0.3, 0.4) is 0 Å². The predicted octanol–water partition coefficient (Wildman–Crippen LogP) is 2.51. The van der Waals surface area contributed by atoms with E-state index >= 15 is 0 Å². The van der Waals surface area contributed by atoms with Gasteiger partial charge in [0.05, 0.1) is 11.2 Å². The normalized spacial score (nSPS) is 19.2. The van der Waals surface area contributed by atoms with Gasteiger partial charge in [-0.25, -0.2) is 9.59 Å². The third kappa shape index (κ3) is 5.48. The summed E-state index contributed by atoms with van der Waals surface area (Å²) >= 11 is 0. The number of benzene rings is 1. The molecule has 154 valence electrons. The fourth-order valence-corrected chi connectivity index (χ4v) is 2.73. The molecule has 1 amide bonds. The van der Waals surface area contributed by atoms with Crippen LogP contribution in [0.25, 0.3) is 0 Å². The van der Waals surface area contributed by atoms with E-state index in [1.807, 2.05) is 45.9 Å². The first kappa shape index (κ1) is 22.2. The number of aliphatic carboxylic acids is 1. The molecule has 0 radical (unpaired) electrons. The van der Waals surface area contributed by atoms with E-state index < -0.39 is 42.0 Å². The number of carbonyl (C=O) groups excluding carboxylic acids is 1. The van der Waals surface area contributed by atoms with Gasteiger partial charge in [0.15, 0.2) is 0 Å². The van der Waals surface area contributed by atoms with Gasteiger partial charge in [0.2, 0.25) is 0 Å². The van der Waals surface area contributed by atoms with Gasteiger partial charge >= 0.3 is 19.2 Å². The number of rotatable bonds is 5. The molecule has 1 unspecified atom stereocenters. The monoisotopic (exact) mass is 391 g/mol. The number of carboxylic acids is 1. The van der Waals surface area contributed by atoms with Gasteiger partial charge < -0.3 is 24.5 Å². The molecule has 7 nitrogen and oxygen atoms in total. The average molecular weight is 391 g/mol. The lowest BCUT2D eigenvalue weighted by Crippen LogP contribution is -2.44. The van der Waals surface area contributed by atoms with Gasteiger partial charge in [-0.2, -0.15) is 0 Å². The van der Waals surface area contributed by atoms with Crippen LogP contribution < -0.4 is 10.8 Å². The average Bonchev–Trinajstić information content (AvgIpc) is 2.73. The number of carboxylic acid groups (broad SMARTS) is 1. The molecular weight excluding hydrogens is 361 g/mol. The van der Waals surface area contributed by atoms with E-state index in [0.29, 0.717) is 0 Å². The molecule has 1 aromatic carbocycles. The van der Waals surface area contributed by atoms with E-state index in [1.165, 1.54) is 0 Å². The van der Waals surface area contributed by atoms with E-state index in [-0.39, 0.29) is 6.42 Å². The largest absolute Gasteiger partial charge is 0.494 e. The second-order valence-corrected chi connectivity index (χ2v) is 9.07. The van der Waals surface area contributed by atoms with Crippen LogP contribution in [-0.2, 0) is 25.3 Å². The van der Waals surface area contributed by atoms with Crippen LogP contribution in [0.2, 0.25) is 0 Å². The lowest BCUT2D eigenvalue weighted by molar-refractivity contribution is -0.139. The van der Waals surface area contributed by atoms with Crippen molar-refractivity contribution in [2.24, 2.45) is 0 Å². The number of alkyl carbamates (subject to hydrolysis) is 1. The third-order valence-electron chi connectivity index (χ3n) is 4.91. The van der Waals surface area contributed by atoms with Crippen LogP contribution in [-0.4, -0.2) is 47.1 Å². The zero-order chi connectivity index (χ0) is 21.3. The van der Waals surface area contributed by atoms with Crippen molar-refractivity contribution in [2.75, 3.05) is 0 Å². The Morgan fingerprint density at radius 3 is 2.25 bits per heavy atom. The fraction of sp³-hybridized carbons (Fsp3) is 0.600. The molecule has 0 saturated carbocycles. The number of amides is 1. The van der Waals surface area contributed by atoms with Crippen molar-refractivity contribution >= 4 is 24.6 Å². The number of nitrogens with one attached hydrogen (secondary N) is 1. The van der Waals surface area contributed by atoms with Gasteiger partial charge in [-0.1, -0.05) is 24.3 Å². The van der Waals surface area contributed by atoms with E-state index in [2.05, 4.69) is 5.32 Å². The Balaban J connectivity index is 2.12. The molecule has 2 N–H and O–H groups in total. The highest BCUT2D eigenvalue weighted by atomic mass is 16.7. The minimum Gasteiger partial charge on any atom is -0.480 e. The zero-order valence-corrected chi connectivity index (χ0v) is 17.7. The summed E-state index contributed by atoms with van der Waals surface area (Å²) in [5, 5.41) is 11.9. The lowest BCUT2D eigenvalue weighted by atomic mass is 9.78. The number of hydrogen-bond acceptors (Lipinski definition) is 5. The van der Waals surface area contributed by atoms with Gasteiger partial charge in [0, 0.05) is 6.42 Å². The maximum Gasteiger partial charge on any atom is 0.494 e. The first-order valence-electron chi connectivity index (χ1n) is 9.37. The molecule has 1 atom stereocenters. The van der Waals surface area contributed by atoms with E-state index in [9.17, 15) is 14.7 Å². The van der Waals surface area contributed by atoms with Crippen LogP contribution >= 0.6 is 0 Å². The maximum atomic E-state index is 11.9. The molecule has 1 aliphatic heterocycles. The highest BCUT2D eigenvalue weighted by Crippen LogP contribution is 2.36. The molecule has 8 heteroatoms. The summed E-state index contributed by atoms with van der Waals surface area (Å²) in [5.41, 5.74) is -0.0808. The fourth-order valence-electron chi connectivity index (χ4n) is 2.73. The Morgan fingerprint density at radius 1 is 1.18 bits per heavy atom. The molecule has 0 bridgehead atoms. The third-order valence-corrected chi connectivity index (χ3v) is 4.91. The number of ether oxygens (including phenoxy) is 1. The summed E-state index contributed by atoms with van der Waals surface area (Å²) in [4.78, 5) is 23.5. The van der Waals surface area contributed by atoms with Gasteiger partial charge in [0.1, 0.15) is 11.6 Å². The molecule has 1 aromatic rings. The second kappa shape index (κ2) is 7.76. The van der Waals surface area contributed by atoms with Crippen molar-refractivity contribution in [3.05, 3.63) is 29.8 Å². The molecule has 28 heavy (non-hydrogen) atoms. The van der Waals surface area contributed by atoms with E-state index in [1.54, 1.807) is 26.8 Å². The Morgan fingerprint density at radius 2 is 1.75 bits per heavy atom. The van der Waals surface area contributed by atoms with Crippen molar-refractivity contribution < 1.29 is 28.7 Å². The molecule has 1 aliphatic rings. The second-order valence-electron chi connectivity index (χ2n) is 9.07. The van der Waals surface area contributed by atoms with Crippen LogP contribution in [0.1, 0.15) is 54.0 Å². The van der Waals surface area contributed by atoms with Gasteiger partial charge in [-0.15, -0.1) is 0 Å². The van der Waals surface area contributed by atoms with Crippen molar-refractivity contribution in [1.29, 1.82) is 0 Å². The summed E-state index contributed by atoms with van der Waals surface area (Å²) in [6.07, 6.45) is -0.649. The molecule has 0 aromatic heterocycles. The Labute approximate surface area is 166 Å². The number of carbonyl (C=O) groups is 2. The molecule has 1 heterocycles. The quantitative estimate of drug-likeness (QED) is 0.750. The van der Waals surface area contributed by atoms with E-state index in [0.717, 1.165) is 11.0 Å². The minimum absolute atomic E-state index is 0.113. The highest BCUT2D eigenvalue weighted by Gasteiger charge is 2.51. The Bertz CT molecular complexity index is 724. The minimum atomic E-state index is -1.13. The Hall–Kier alpha value is -2.06. The number of hydrogen-bond donors (Lipinski definition) is 2.